The van der Waals surface area contributed by atoms with E-state index in [9.17, 15) is 9.59 Å². The summed E-state index contributed by atoms with van der Waals surface area (Å²) in [6, 6.07) is 23.8. The van der Waals surface area contributed by atoms with Gasteiger partial charge in [-0.2, -0.15) is 0 Å². The maximum atomic E-state index is 12.4. The van der Waals surface area contributed by atoms with Gasteiger partial charge in [0.25, 0.3) is 5.91 Å². The molecule has 0 saturated carbocycles. The fourth-order valence-electron chi connectivity index (χ4n) is 3.00. The number of aryl methyl sites for hydroxylation is 1. The molecule has 3 aromatic rings. The Balaban J connectivity index is 1.52. The largest absolute Gasteiger partial charge is 0.491 e. The number of benzene rings is 3. The van der Waals surface area contributed by atoms with Crippen molar-refractivity contribution < 1.29 is 19.1 Å². The topological polar surface area (TPSA) is 76.7 Å². The Morgan fingerprint density at radius 3 is 2.25 bits per heavy atom. The molecule has 0 aliphatic heterocycles. The van der Waals surface area contributed by atoms with Crippen molar-refractivity contribution in [3.05, 3.63) is 95.6 Å². The number of methoxy groups -OCH3 is 1. The fraction of sp³-hybridized carbons (Fsp3) is 0.160. The smallest absolute Gasteiger partial charge is 0.337 e. The Hall–Kier alpha value is -3.71. The number of carbonyl (C=O) groups excluding carboxylic acids is 2. The third-order valence-corrected chi connectivity index (χ3v) is 4.84. The van der Waals surface area contributed by atoms with Crippen molar-refractivity contribution in [1.29, 1.82) is 0 Å². The SMILES string of the molecule is COC(=O)c1ccc(C(=O)NC(=S)Nc2ccccc2OCCCc2ccccc2)cc1. The second-order valence-electron chi connectivity index (χ2n) is 6.91. The normalized spacial score (nSPS) is 10.2. The van der Waals surface area contributed by atoms with Crippen molar-refractivity contribution in [2.75, 3.05) is 19.0 Å². The minimum absolute atomic E-state index is 0.146. The van der Waals surface area contributed by atoms with E-state index in [1.807, 2.05) is 42.5 Å². The second-order valence-corrected chi connectivity index (χ2v) is 7.32. The molecule has 0 radical (unpaired) electrons. The van der Waals surface area contributed by atoms with E-state index in [2.05, 4.69) is 27.5 Å². The maximum Gasteiger partial charge on any atom is 0.337 e. The Labute approximate surface area is 192 Å². The summed E-state index contributed by atoms with van der Waals surface area (Å²) in [7, 11) is 1.30. The molecule has 0 fully saturated rings. The molecule has 0 aliphatic carbocycles. The highest BCUT2D eigenvalue weighted by Gasteiger charge is 2.12. The quantitative estimate of drug-likeness (QED) is 0.298. The first-order valence-electron chi connectivity index (χ1n) is 10.1. The van der Waals surface area contributed by atoms with Crippen LogP contribution in [0, 0.1) is 0 Å². The number of nitrogens with one attached hydrogen (secondary N) is 2. The van der Waals surface area contributed by atoms with Crippen LogP contribution in [0.15, 0.2) is 78.9 Å². The maximum absolute atomic E-state index is 12.4. The zero-order valence-electron chi connectivity index (χ0n) is 17.7. The van der Waals surface area contributed by atoms with Crippen molar-refractivity contribution in [2.45, 2.75) is 12.8 Å². The summed E-state index contributed by atoms with van der Waals surface area (Å²) >= 11 is 5.28. The second kappa shape index (κ2) is 11.6. The van der Waals surface area contributed by atoms with Gasteiger partial charge in [0.2, 0.25) is 0 Å². The van der Waals surface area contributed by atoms with Gasteiger partial charge in [0.05, 0.1) is 25.0 Å². The zero-order valence-corrected chi connectivity index (χ0v) is 18.5. The molecule has 0 unspecified atom stereocenters. The molecule has 0 aliphatic rings. The summed E-state index contributed by atoms with van der Waals surface area (Å²) in [6.45, 7) is 0.555. The molecule has 0 atom stereocenters. The van der Waals surface area contributed by atoms with Gasteiger partial charge in [-0.25, -0.2) is 4.79 Å². The minimum atomic E-state index is -0.463. The van der Waals surface area contributed by atoms with Crippen LogP contribution in [0.1, 0.15) is 32.7 Å². The number of anilines is 1. The van der Waals surface area contributed by atoms with Crippen molar-refractivity contribution in [3.8, 4) is 5.75 Å². The molecule has 0 saturated heterocycles. The third kappa shape index (κ3) is 6.65. The standard InChI is InChI=1S/C25H24N2O4S/c1-30-24(29)20-15-13-19(14-16-20)23(28)27-25(32)26-21-11-5-6-12-22(21)31-17-7-10-18-8-3-2-4-9-18/h2-6,8-9,11-16H,7,10,17H2,1H3,(H2,26,27,28,32). The molecule has 1 amide bonds. The molecule has 164 valence electrons. The van der Waals surface area contributed by atoms with Crippen LogP contribution in [0.25, 0.3) is 0 Å². The first-order chi connectivity index (χ1) is 15.6. The first-order valence-corrected chi connectivity index (χ1v) is 10.5. The highest BCUT2D eigenvalue weighted by molar-refractivity contribution is 7.80. The van der Waals surface area contributed by atoms with Crippen molar-refractivity contribution in [3.63, 3.8) is 0 Å². The van der Waals surface area contributed by atoms with E-state index in [1.165, 1.54) is 36.9 Å². The van der Waals surface area contributed by atoms with Crippen LogP contribution in [0.2, 0.25) is 0 Å². The molecule has 0 bridgehead atoms. The van der Waals surface area contributed by atoms with Crippen LogP contribution in [0.4, 0.5) is 5.69 Å². The summed E-state index contributed by atoms with van der Waals surface area (Å²) in [5.74, 6) is -0.200. The van der Waals surface area contributed by atoms with E-state index in [0.717, 1.165) is 12.8 Å². The van der Waals surface area contributed by atoms with Gasteiger partial charge in [0.15, 0.2) is 5.11 Å². The molecule has 7 heteroatoms. The van der Waals surface area contributed by atoms with Crippen LogP contribution < -0.4 is 15.4 Å². The molecule has 6 nitrogen and oxygen atoms in total. The number of ether oxygens (including phenoxy) is 2. The lowest BCUT2D eigenvalue weighted by atomic mass is 10.1. The van der Waals surface area contributed by atoms with E-state index in [0.29, 0.717) is 29.2 Å². The third-order valence-electron chi connectivity index (χ3n) is 4.64. The van der Waals surface area contributed by atoms with Gasteiger partial charge >= 0.3 is 5.97 Å². The predicted octanol–water partition coefficient (Wildman–Crippen LogP) is 4.61. The number of hydrogen-bond donors (Lipinski definition) is 2. The molecule has 2 N–H and O–H groups in total. The summed E-state index contributed by atoms with van der Waals surface area (Å²) in [5.41, 5.74) is 2.67. The lowest BCUT2D eigenvalue weighted by Crippen LogP contribution is -2.34. The monoisotopic (exact) mass is 448 g/mol. The Morgan fingerprint density at radius 2 is 1.53 bits per heavy atom. The van der Waals surface area contributed by atoms with Gasteiger partial charge in [0.1, 0.15) is 5.75 Å². The van der Waals surface area contributed by atoms with Crippen molar-refractivity contribution >= 4 is 34.9 Å². The highest BCUT2D eigenvalue weighted by Crippen LogP contribution is 2.24. The van der Waals surface area contributed by atoms with Gasteiger partial charge in [-0.3, -0.25) is 10.1 Å². The lowest BCUT2D eigenvalue weighted by Gasteiger charge is -2.14. The molecule has 3 rings (SSSR count). The summed E-state index contributed by atoms with van der Waals surface area (Å²) in [4.78, 5) is 23.9. The van der Waals surface area contributed by atoms with Gasteiger partial charge in [-0.15, -0.1) is 0 Å². The van der Waals surface area contributed by atoms with E-state index in [-0.39, 0.29) is 11.0 Å². The fourth-order valence-corrected chi connectivity index (χ4v) is 3.21. The average molecular weight is 449 g/mol. The van der Waals surface area contributed by atoms with Gasteiger partial charge in [-0.05, 0) is 67.0 Å². The summed E-state index contributed by atoms with van der Waals surface area (Å²) < 4.78 is 10.6. The van der Waals surface area contributed by atoms with Gasteiger partial charge in [-0.1, -0.05) is 42.5 Å². The number of thiocarbonyl (C=S) groups is 1. The number of amides is 1. The van der Waals surface area contributed by atoms with Crippen molar-refractivity contribution in [1.82, 2.24) is 5.32 Å². The number of carbonyl (C=O) groups is 2. The van der Waals surface area contributed by atoms with Gasteiger partial charge in [0, 0.05) is 5.56 Å². The van der Waals surface area contributed by atoms with Crippen LogP contribution in [0.3, 0.4) is 0 Å². The van der Waals surface area contributed by atoms with E-state index in [4.69, 9.17) is 17.0 Å². The van der Waals surface area contributed by atoms with Crippen LogP contribution in [-0.2, 0) is 11.2 Å². The summed E-state index contributed by atoms with van der Waals surface area (Å²) in [5, 5.41) is 5.79. The predicted molar refractivity (Wildman–Crippen MR) is 128 cm³/mol. The van der Waals surface area contributed by atoms with Crippen LogP contribution in [0.5, 0.6) is 5.75 Å². The minimum Gasteiger partial charge on any atom is -0.491 e. The Morgan fingerprint density at radius 1 is 0.875 bits per heavy atom. The molecule has 3 aromatic carbocycles. The van der Waals surface area contributed by atoms with Crippen LogP contribution in [-0.4, -0.2) is 30.7 Å². The number of para-hydroxylation sites is 2. The van der Waals surface area contributed by atoms with Crippen LogP contribution >= 0.6 is 12.2 Å². The van der Waals surface area contributed by atoms with Crippen molar-refractivity contribution in [2.24, 2.45) is 0 Å². The number of hydrogen-bond acceptors (Lipinski definition) is 5. The zero-order chi connectivity index (χ0) is 22.8. The molecular formula is C25H24N2O4S. The van der Waals surface area contributed by atoms with E-state index < -0.39 is 5.97 Å². The summed E-state index contributed by atoms with van der Waals surface area (Å²) in [6.07, 6.45) is 1.81. The molecule has 32 heavy (non-hydrogen) atoms. The molecule has 0 aromatic heterocycles. The Bertz CT molecular complexity index is 1070. The van der Waals surface area contributed by atoms with E-state index in [1.54, 1.807) is 0 Å². The molecular weight excluding hydrogens is 424 g/mol. The molecule has 0 spiro atoms. The van der Waals surface area contributed by atoms with E-state index >= 15 is 0 Å². The highest BCUT2D eigenvalue weighted by atomic mass is 32.1. The lowest BCUT2D eigenvalue weighted by molar-refractivity contribution is 0.0600. The first kappa shape index (κ1) is 23.0. The number of rotatable bonds is 8. The Kier molecular flexibility index (Phi) is 8.34. The number of esters is 1. The molecule has 0 heterocycles. The van der Waals surface area contributed by atoms with Gasteiger partial charge < -0.3 is 14.8 Å². The average Bonchev–Trinajstić information content (AvgIpc) is 2.83.